The van der Waals surface area contributed by atoms with Crippen LogP contribution >= 0.6 is 0 Å². The fourth-order valence-corrected chi connectivity index (χ4v) is 2.17. The van der Waals surface area contributed by atoms with Crippen molar-refractivity contribution in [1.82, 2.24) is 0 Å². The molecule has 0 aliphatic rings. The summed E-state index contributed by atoms with van der Waals surface area (Å²) < 4.78 is 0. The molecule has 0 aromatic heterocycles. The normalized spacial score (nSPS) is 11.7. The molecule has 3 heteroatoms. The molecule has 0 radical (unpaired) electrons. The van der Waals surface area contributed by atoms with Gasteiger partial charge >= 0.3 is 5.97 Å². The van der Waals surface area contributed by atoms with E-state index in [9.17, 15) is 9.90 Å². The first-order valence-corrected chi connectivity index (χ1v) is 8.46. The Balaban J connectivity index is 3.38. The van der Waals surface area contributed by atoms with Gasteiger partial charge in [0.15, 0.2) is 0 Å². The topological polar surface area (TPSA) is 57.5 Å². The molecule has 0 saturated carbocycles. The monoisotopic (exact) mass is 296 g/mol. The van der Waals surface area contributed by atoms with Crippen molar-refractivity contribution in [3.05, 3.63) is 17.9 Å². The molecule has 0 bridgehead atoms. The van der Waals surface area contributed by atoms with Gasteiger partial charge in [-0.25, -0.2) is 0 Å². The number of carbonyl (C=O) groups is 1. The van der Waals surface area contributed by atoms with Crippen molar-refractivity contribution < 1.29 is 15.0 Å². The van der Waals surface area contributed by atoms with Crippen LogP contribution in [0.1, 0.15) is 84.0 Å². The fourth-order valence-electron chi connectivity index (χ4n) is 2.17. The number of aliphatic hydroxyl groups excluding tert-OH is 1. The van der Waals surface area contributed by atoms with Gasteiger partial charge in [-0.2, -0.15) is 0 Å². The lowest BCUT2D eigenvalue weighted by Gasteiger charge is -2.05. The summed E-state index contributed by atoms with van der Waals surface area (Å²) in [7, 11) is 0. The van der Waals surface area contributed by atoms with E-state index in [1.807, 2.05) is 12.2 Å². The van der Waals surface area contributed by atoms with E-state index < -0.39 is 5.97 Å². The number of rotatable bonds is 14. The Labute approximate surface area is 129 Å². The van der Waals surface area contributed by atoms with Crippen LogP contribution in [0.25, 0.3) is 0 Å². The van der Waals surface area contributed by atoms with Gasteiger partial charge in [0.2, 0.25) is 0 Å². The van der Waals surface area contributed by atoms with Crippen molar-refractivity contribution in [2.24, 2.45) is 0 Å². The van der Waals surface area contributed by atoms with Gasteiger partial charge in [0, 0.05) is 6.42 Å². The summed E-state index contributed by atoms with van der Waals surface area (Å²) in [5.41, 5.74) is 3.14. The summed E-state index contributed by atoms with van der Waals surface area (Å²) in [5.74, 6) is -0.694. The highest BCUT2D eigenvalue weighted by atomic mass is 16.4. The molecule has 3 nitrogen and oxygen atoms in total. The highest BCUT2D eigenvalue weighted by Crippen LogP contribution is 2.08. The molecule has 0 aliphatic carbocycles. The summed E-state index contributed by atoms with van der Waals surface area (Å²) >= 11 is 0. The Morgan fingerprint density at radius 3 is 2.48 bits per heavy atom. The van der Waals surface area contributed by atoms with Crippen LogP contribution in [0.15, 0.2) is 17.9 Å². The zero-order valence-electron chi connectivity index (χ0n) is 13.5. The molecular formula is C18H32O3. The standard InChI is InChI=1S/C18H32O3/c1-2-3-11-14-17(19)15-12-9-7-5-4-6-8-10-13-16-18(20)21/h7,12,17,19H,2-6,8,10-11,13-16H2,1H3,(H,20,21). The molecule has 122 valence electrons. The lowest BCUT2D eigenvalue weighted by atomic mass is 10.1. The van der Waals surface area contributed by atoms with Gasteiger partial charge in [0.25, 0.3) is 0 Å². The third kappa shape index (κ3) is 16.9. The summed E-state index contributed by atoms with van der Waals surface area (Å²) in [6.45, 7) is 2.17. The number of hydrogen-bond donors (Lipinski definition) is 2. The minimum absolute atomic E-state index is 0.216. The minimum atomic E-state index is -0.694. The SMILES string of the molecule is CCCCCC(O)CC=C=CCCCCCCCC(=O)O. The third-order valence-corrected chi connectivity index (χ3v) is 3.51. The molecule has 0 fully saturated rings. The van der Waals surface area contributed by atoms with Gasteiger partial charge in [0.05, 0.1) is 6.10 Å². The second-order valence-electron chi connectivity index (χ2n) is 5.66. The molecular weight excluding hydrogens is 264 g/mol. The van der Waals surface area contributed by atoms with E-state index in [2.05, 4.69) is 12.7 Å². The Kier molecular flexibility index (Phi) is 14.6. The summed E-state index contributed by atoms with van der Waals surface area (Å²) in [4.78, 5) is 10.3. The minimum Gasteiger partial charge on any atom is -0.481 e. The highest BCUT2D eigenvalue weighted by molar-refractivity contribution is 5.66. The fraction of sp³-hybridized carbons (Fsp3) is 0.778. The lowest BCUT2D eigenvalue weighted by Crippen LogP contribution is -2.03. The first kappa shape index (κ1) is 19.9. The van der Waals surface area contributed by atoms with Crippen LogP contribution in [0.2, 0.25) is 0 Å². The van der Waals surface area contributed by atoms with Crippen LogP contribution in [0, 0.1) is 0 Å². The van der Waals surface area contributed by atoms with Crippen LogP contribution in [0.4, 0.5) is 0 Å². The number of carboxylic acids is 1. The number of aliphatic hydroxyl groups is 1. The van der Waals surface area contributed by atoms with Crippen molar-refractivity contribution >= 4 is 5.97 Å². The maximum absolute atomic E-state index is 10.3. The second kappa shape index (κ2) is 15.3. The van der Waals surface area contributed by atoms with E-state index in [0.29, 0.717) is 12.8 Å². The van der Waals surface area contributed by atoms with Crippen molar-refractivity contribution in [3.8, 4) is 0 Å². The van der Waals surface area contributed by atoms with Gasteiger partial charge in [-0.3, -0.25) is 4.79 Å². The zero-order valence-corrected chi connectivity index (χ0v) is 13.5. The van der Waals surface area contributed by atoms with Gasteiger partial charge in [-0.15, -0.1) is 5.73 Å². The van der Waals surface area contributed by atoms with E-state index in [1.54, 1.807) is 0 Å². The first-order chi connectivity index (χ1) is 10.2. The molecule has 0 amide bonds. The van der Waals surface area contributed by atoms with Gasteiger partial charge < -0.3 is 10.2 Å². The summed E-state index contributed by atoms with van der Waals surface area (Å²) in [6, 6.07) is 0. The van der Waals surface area contributed by atoms with E-state index in [4.69, 9.17) is 5.11 Å². The van der Waals surface area contributed by atoms with Crippen molar-refractivity contribution in [3.63, 3.8) is 0 Å². The van der Waals surface area contributed by atoms with Crippen LogP contribution in [0.5, 0.6) is 0 Å². The van der Waals surface area contributed by atoms with Crippen molar-refractivity contribution in [2.45, 2.75) is 90.1 Å². The van der Waals surface area contributed by atoms with Gasteiger partial charge in [-0.1, -0.05) is 45.4 Å². The number of aliphatic carboxylic acids is 1. The second-order valence-corrected chi connectivity index (χ2v) is 5.66. The van der Waals surface area contributed by atoms with Crippen LogP contribution in [-0.2, 0) is 4.79 Å². The average molecular weight is 296 g/mol. The molecule has 2 N–H and O–H groups in total. The van der Waals surface area contributed by atoms with Gasteiger partial charge in [-0.05, 0) is 44.3 Å². The quantitative estimate of drug-likeness (QED) is 0.356. The predicted octanol–water partition coefficient (Wildman–Crippen LogP) is 4.84. The zero-order chi connectivity index (χ0) is 15.8. The lowest BCUT2D eigenvalue weighted by molar-refractivity contribution is -0.137. The Morgan fingerprint density at radius 1 is 1.05 bits per heavy atom. The van der Waals surface area contributed by atoms with Crippen molar-refractivity contribution in [2.75, 3.05) is 0 Å². The molecule has 21 heavy (non-hydrogen) atoms. The van der Waals surface area contributed by atoms with Crippen LogP contribution in [-0.4, -0.2) is 22.3 Å². The Morgan fingerprint density at radius 2 is 1.76 bits per heavy atom. The maximum Gasteiger partial charge on any atom is 0.303 e. The molecule has 0 spiro atoms. The molecule has 0 aliphatic heterocycles. The van der Waals surface area contributed by atoms with Crippen molar-refractivity contribution in [1.29, 1.82) is 0 Å². The molecule has 0 aromatic rings. The van der Waals surface area contributed by atoms with Gasteiger partial charge in [0.1, 0.15) is 0 Å². The molecule has 1 atom stereocenters. The number of carboxylic acid groups (broad SMARTS) is 1. The van der Waals surface area contributed by atoms with Crippen LogP contribution < -0.4 is 0 Å². The molecule has 0 aromatic carbocycles. The summed E-state index contributed by atoms with van der Waals surface area (Å²) in [6.07, 6.45) is 15.4. The molecule has 1 unspecified atom stereocenters. The molecule has 0 saturated heterocycles. The largest absolute Gasteiger partial charge is 0.481 e. The highest BCUT2D eigenvalue weighted by Gasteiger charge is 1.99. The van der Waals surface area contributed by atoms with E-state index in [1.165, 1.54) is 12.8 Å². The molecule has 0 rings (SSSR count). The number of unbranched alkanes of at least 4 members (excludes halogenated alkanes) is 7. The smallest absolute Gasteiger partial charge is 0.303 e. The molecule has 0 heterocycles. The summed E-state index contributed by atoms with van der Waals surface area (Å²) in [5, 5.41) is 18.2. The first-order valence-electron chi connectivity index (χ1n) is 8.46. The Hall–Kier alpha value is -1.05. The maximum atomic E-state index is 10.3. The third-order valence-electron chi connectivity index (χ3n) is 3.51. The number of hydrogen-bond acceptors (Lipinski definition) is 2. The predicted molar refractivity (Wildman–Crippen MR) is 87.4 cm³/mol. The van der Waals surface area contributed by atoms with E-state index >= 15 is 0 Å². The average Bonchev–Trinajstić information content (AvgIpc) is 2.44. The van der Waals surface area contributed by atoms with Crippen LogP contribution in [0.3, 0.4) is 0 Å². The van der Waals surface area contributed by atoms with E-state index in [-0.39, 0.29) is 6.10 Å². The Bertz CT molecular complexity index is 304. The van der Waals surface area contributed by atoms with E-state index in [0.717, 1.165) is 51.4 Å².